The molecule has 0 saturated carbocycles. The number of hydrogen-bond donors (Lipinski definition) is 0. The molecule has 1 aromatic rings. The third-order valence-electron chi connectivity index (χ3n) is 2.01. The van der Waals surface area contributed by atoms with E-state index in [2.05, 4.69) is 4.90 Å². The van der Waals surface area contributed by atoms with Crippen molar-refractivity contribution in [3.8, 4) is 11.5 Å². The predicted octanol–water partition coefficient (Wildman–Crippen LogP) is 2.41. The smallest absolute Gasteiger partial charge is 0.161 e. The Bertz CT molecular complexity index is 311. The molecule has 3 nitrogen and oxygen atoms in total. The van der Waals surface area contributed by atoms with Gasteiger partial charge in [-0.3, -0.25) is 0 Å². The van der Waals surface area contributed by atoms with Crippen LogP contribution in [0.2, 0.25) is 0 Å². The number of benzene rings is 1. The Labute approximate surface area is 98.0 Å². The van der Waals surface area contributed by atoms with Crippen molar-refractivity contribution in [2.45, 2.75) is 20.0 Å². The van der Waals surface area contributed by atoms with E-state index < -0.39 is 0 Å². The maximum atomic E-state index is 5.68. The van der Waals surface area contributed by atoms with Crippen molar-refractivity contribution >= 4 is 0 Å². The lowest BCUT2D eigenvalue weighted by Crippen LogP contribution is -2.19. The zero-order valence-corrected chi connectivity index (χ0v) is 10.6. The Balaban J connectivity index is 2.56. The molecule has 0 aliphatic carbocycles. The van der Waals surface area contributed by atoms with Gasteiger partial charge in [0.2, 0.25) is 0 Å². The second-order valence-corrected chi connectivity index (χ2v) is 4.27. The molecule has 0 aliphatic rings. The van der Waals surface area contributed by atoms with E-state index >= 15 is 0 Å². The first-order valence-corrected chi connectivity index (χ1v) is 5.63. The summed E-state index contributed by atoms with van der Waals surface area (Å²) in [7, 11) is 4.06. The summed E-state index contributed by atoms with van der Waals surface area (Å²) in [5.74, 6) is 1.63. The van der Waals surface area contributed by atoms with Crippen LogP contribution in [0.4, 0.5) is 0 Å². The summed E-state index contributed by atoms with van der Waals surface area (Å²) in [5.41, 5.74) is 0. The number of hydrogen-bond acceptors (Lipinski definition) is 3. The molecular weight excluding hydrogens is 202 g/mol. The standard InChI is InChI=1S/C13H21NO2/c1-11(2)16-13-8-6-5-7-12(13)15-10-9-14(3)4/h5-8,11H,9-10H2,1-4H3. The van der Waals surface area contributed by atoms with Crippen molar-refractivity contribution in [3.05, 3.63) is 24.3 Å². The van der Waals surface area contributed by atoms with Crippen LogP contribution in [0.25, 0.3) is 0 Å². The fourth-order valence-electron chi connectivity index (χ4n) is 1.26. The molecule has 0 saturated heterocycles. The van der Waals surface area contributed by atoms with Gasteiger partial charge in [-0.25, -0.2) is 0 Å². The summed E-state index contributed by atoms with van der Waals surface area (Å²) in [5, 5.41) is 0. The lowest BCUT2D eigenvalue weighted by atomic mass is 10.3. The van der Waals surface area contributed by atoms with E-state index in [1.54, 1.807) is 0 Å². The van der Waals surface area contributed by atoms with Gasteiger partial charge in [-0.05, 0) is 40.1 Å². The molecule has 0 aromatic heterocycles. The quantitative estimate of drug-likeness (QED) is 0.739. The molecule has 0 fully saturated rings. The molecule has 0 atom stereocenters. The van der Waals surface area contributed by atoms with Gasteiger partial charge in [0, 0.05) is 6.54 Å². The SMILES string of the molecule is CC(C)Oc1ccccc1OCCN(C)C. The van der Waals surface area contributed by atoms with Gasteiger partial charge in [0.05, 0.1) is 6.10 Å². The molecule has 0 N–H and O–H groups in total. The molecule has 0 radical (unpaired) electrons. The van der Waals surface area contributed by atoms with E-state index in [-0.39, 0.29) is 6.10 Å². The predicted molar refractivity (Wildman–Crippen MR) is 66.3 cm³/mol. The van der Waals surface area contributed by atoms with Crippen molar-refractivity contribution in [2.24, 2.45) is 0 Å². The molecule has 1 aromatic carbocycles. The summed E-state index contributed by atoms with van der Waals surface area (Å²) in [4.78, 5) is 2.09. The topological polar surface area (TPSA) is 21.7 Å². The van der Waals surface area contributed by atoms with Crippen LogP contribution in [-0.4, -0.2) is 38.3 Å². The van der Waals surface area contributed by atoms with Crippen molar-refractivity contribution in [3.63, 3.8) is 0 Å². The lowest BCUT2D eigenvalue weighted by molar-refractivity contribution is 0.212. The largest absolute Gasteiger partial charge is 0.488 e. The van der Waals surface area contributed by atoms with Gasteiger partial charge in [-0.2, -0.15) is 0 Å². The monoisotopic (exact) mass is 223 g/mol. The Kier molecular flexibility index (Phi) is 5.12. The van der Waals surface area contributed by atoms with Gasteiger partial charge in [0.1, 0.15) is 6.61 Å². The van der Waals surface area contributed by atoms with Gasteiger partial charge in [0.25, 0.3) is 0 Å². The Morgan fingerprint density at radius 3 is 2.31 bits per heavy atom. The fourth-order valence-corrected chi connectivity index (χ4v) is 1.26. The third-order valence-corrected chi connectivity index (χ3v) is 2.01. The molecule has 0 spiro atoms. The summed E-state index contributed by atoms with van der Waals surface area (Å²) < 4.78 is 11.3. The van der Waals surface area contributed by atoms with Gasteiger partial charge >= 0.3 is 0 Å². The summed E-state index contributed by atoms with van der Waals surface area (Å²) in [6.45, 7) is 5.59. The summed E-state index contributed by atoms with van der Waals surface area (Å²) in [6, 6.07) is 7.78. The highest BCUT2D eigenvalue weighted by Crippen LogP contribution is 2.27. The van der Waals surface area contributed by atoms with E-state index in [9.17, 15) is 0 Å². The molecule has 3 heteroatoms. The molecule has 90 valence electrons. The highest BCUT2D eigenvalue weighted by atomic mass is 16.5. The summed E-state index contributed by atoms with van der Waals surface area (Å²) in [6.07, 6.45) is 0.165. The molecule has 0 aliphatic heterocycles. The van der Waals surface area contributed by atoms with Crippen LogP contribution < -0.4 is 9.47 Å². The van der Waals surface area contributed by atoms with Crippen LogP contribution >= 0.6 is 0 Å². The van der Waals surface area contributed by atoms with Crippen molar-refractivity contribution < 1.29 is 9.47 Å². The maximum Gasteiger partial charge on any atom is 0.161 e. The first-order chi connectivity index (χ1) is 7.59. The second-order valence-electron chi connectivity index (χ2n) is 4.27. The van der Waals surface area contributed by atoms with Crippen LogP contribution in [0.3, 0.4) is 0 Å². The highest BCUT2D eigenvalue weighted by Gasteiger charge is 2.05. The Morgan fingerprint density at radius 2 is 1.75 bits per heavy atom. The second kappa shape index (κ2) is 6.38. The molecule has 1 rings (SSSR count). The van der Waals surface area contributed by atoms with Crippen LogP contribution in [0, 0.1) is 0 Å². The van der Waals surface area contributed by atoms with Crippen molar-refractivity contribution in [1.29, 1.82) is 0 Å². The molecule has 16 heavy (non-hydrogen) atoms. The number of ether oxygens (including phenoxy) is 2. The molecule has 0 heterocycles. The number of para-hydroxylation sites is 2. The average molecular weight is 223 g/mol. The number of likely N-dealkylation sites (N-methyl/N-ethyl adjacent to an activating group) is 1. The van der Waals surface area contributed by atoms with Crippen LogP contribution in [0.1, 0.15) is 13.8 Å². The van der Waals surface area contributed by atoms with Crippen LogP contribution in [-0.2, 0) is 0 Å². The van der Waals surface area contributed by atoms with Gasteiger partial charge in [-0.1, -0.05) is 12.1 Å². The van der Waals surface area contributed by atoms with E-state index in [0.29, 0.717) is 6.61 Å². The lowest BCUT2D eigenvalue weighted by Gasteiger charge is -2.16. The van der Waals surface area contributed by atoms with E-state index in [1.807, 2.05) is 52.2 Å². The van der Waals surface area contributed by atoms with Gasteiger partial charge < -0.3 is 14.4 Å². The van der Waals surface area contributed by atoms with Gasteiger partial charge in [-0.15, -0.1) is 0 Å². The molecule has 0 amide bonds. The Morgan fingerprint density at radius 1 is 1.12 bits per heavy atom. The molecule has 0 unspecified atom stereocenters. The minimum atomic E-state index is 0.165. The number of nitrogens with zero attached hydrogens (tertiary/aromatic N) is 1. The highest BCUT2D eigenvalue weighted by molar-refractivity contribution is 5.39. The summed E-state index contributed by atoms with van der Waals surface area (Å²) >= 11 is 0. The normalized spacial score (nSPS) is 10.9. The minimum absolute atomic E-state index is 0.165. The molecule has 0 bridgehead atoms. The van der Waals surface area contributed by atoms with E-state index in [0.717, 1.165) is 18.0 Å². The zero-order valence-electron chi connectivity index (χ0n) is 10.6. The molecular formula is C13H21NO2. The third kappa shape index (κ3) is 4.53. The van der Waals surface area contributed by atoms with E-state index in [4.69, 9.17) is 9.47 Å². The first-order valence-electron chi connectivity index (χ1n) is 5.63. The first kappa shape index (κ1) is 12.8. The Hall–Kier alpha value is -1.22. The average Bonchev–Trinajstić information content (AvgIpc) is 2.19. The van der Waals surface area contributed by atoms with Crippen LogP contribution in [0.5, 0.6) is 11.5 Å². The number of rotatable bonds is 6. The van der Waals surface area contributed by atoms with E-state index in [1.165, 1.54) is 0 Å². The van der Waals surface area contributed by atoms with Crippen LogP contribution in [0.15, 0.2) is 24.3 Å². The fraction of sp³-hybridized carbons (Fsp3) is 0.538. The zero-order chi connectivity index (χ0) is 12.0. The van der Waals surface area contributed by atoms with Gasteiger partial charge in [0.15, 0.2) is 11.5 Å². The minimum Gasteiger partial charge on any atom is -0.488 e. The maximum absolute atomic E-state index is 5.68. The van der Waals surface area contributed by atoms with Crippen molar-refractivity contribution in [1.82, 2.24) is 4.90 Å². The van der Waals surface area contributed by atoms with Crippen molar-refractivity contribution in [2.75, 3.05) is 27.2 Å².